The first-order chi connectivity index (χ1) is 14.1. The predicted molar refractivity (Wildman–Crippen MR) is 117 cm³/mol. The molecule has 1 aromatic heterocycles. The monoisotopic (exact) mass is 406 g/mol. The summed E-state index contributed by atoms with van der Waals surface area (Å²) in [6.45, 7) is 4.77. The van der Waals surface area contributed by atoms with Crippen LogP contribution in [-0.4, -0.2) is 25.9 Å². The van der Waals surface area contributed by atoms with Crippen LogP contribution in [0.3, 0.4) is 0 Å². The molecule has 1 amide bonds. The van der Waals surface area contributed by atoms with E-state index in [-0.39, 0.29) is 11.2 Å². The zero-order valence-electron chi connectivity index (χ0n) is 16.8. The Labute approximate surface area is 175 Å². The summed E-state index contributed by atoms with van der Waals surface area (Å²) in [7, 11) is 0. The number of benzene rings is 2. The second kappa shape index (κ2) is 8.82. The van der Waals surface area contributed by atoms with Gasteiger partial charge in [-0.15, -0.1) is 10.2 Å². The number of rotatable bonds is 8. The van der Waals surface area contributed by atoms with Gasteiger partial charge in [-0.1, -0.05) is 61.2 Å². The second-order valence-corrected chi connectivity index (χ2v) is 8.79. The summed E-state index contributed by atoms with van der Waals surface area (Å²) >= 11 is 1.47. The number of carbonyl (C=O) groups is 1. The largest absolute Gasteiger partial charge is 0.325 e. The van der Waals surface area contributed by atoms with E-state index in [1.165, 1.54) is 35.7 Å². The number of aromatic nitrogens is 3. The highest BCUT2D eigenvalue weighted by Gasteiger charge is 2.31. The lowest BCUT2D eigenvalue weighted by atomic mass is 10.1. The Bertz CT molecular complexity index is 964. The molecule has 0 bridgehead atoms. The first-order valence-corrected chi connectivity index (χ1v) is 11.1. The van der Waals surface area contributed by atoms with Crippen molar-refractivity contribution in [3.8, 4) is 0 Å². The maximum atomic E-state index is 12.7. The molecular formula is C23H26N4OS. The molecule has 3 aromatic rings. The maximum absolute atomic E-state index is 12.7. The fourth-order valence-electron chi connectivity index (χ4n) is 3.22. The average molecular weight is 407 g/mol. The van der Waals surface area contributed by atoms with Gasteiger partial charge in [0.1, 0.15) is 5.82 Å². The van der Waals surface area contributed by atoms with E-state index >= 15 is 0 Å². The van der Waals surface area contributed by atoms with Crippen LogP contribution in [0.4, 0.5) is 5.69 Å². The summed E-state index contributed by atoms with van der Waals surface area (Å²) in [5, 5.41) is 12.4. The molecule has 1 saturated carbocycles. The van der Waals surface area contributed by atoms with Crippen molar-refractivity contribution in [3.63, 3.8) is 0 Å². The molecule has 150 valence electrons. The summed E-state index contributed by atoms with van der Waals surface area (Å²) in [6.07, 6.45) is 3.32. The number of anilines is 1. The molecule has 1 aliphatic rings. The number of nitrogens with zero attached hydrogens (tertiary/aromatic N) is 3. The van der Waals surface area contributed by atoms with Gasteiger partial charge in [0.15, 0.2) is 5.16 Å². The number of hydrogen-bond donors (Lipinski definition) is 1. The van der Waals surface area contributed by atoms with E-state index in [1.807, 2.05) is 49.4 Å². The molecule has 1 N–H and O–H groups in total. The van der Waals surface area contributed by atoms with Gasteiger partial charge in [-0.2, -0.15) is 0 Å². The topological polar surface area (TPSA) is 59.8 Å². The Morgan fingerprint density at radius 1 is 1.10 bits per heavy atom. The van der Waals surface area contributed by atoms with Crippen LogP contribution in [0.5, 0.6) is 0 Å². The first-order valence-electron chi connectivity index (χ1n) is 10.2. The molecule has 0 aliphatic heterocycles. The highest BCUT2D eigenvalue weighted by Crippen LogP contribution is 2.40. The molecule has 1 fully saturated rings. The number of amides is 1. The Kier molecular flexibility index (Phi) is 6.00. The molecule has 0 unspecified atom stereocenters. The SMILES string of the molecule is CCc1ccc(NC(=O)[C@H](C)Sc2nnc(C3CC3)n2Cc2ccccc2)cc1. The van der Waals surface area contributed by atoms with Crippen LogP contribution in [0.15, 0.2) is 59.8 Å². The van der Waals surface area contributed by atoms with Crippen LogP contribution in [0.1, 0.15) is 49.6 Å². The van der Waals surface area contributed by atoms with Gasteiger partial charge in [-0.3, -0.25) is 4.79 Å². The summed E-state index contributed by atoms with van der Waals surface area (Å²) in [4.78, 5) is 12.7. The number of hydrogen-bond acceptors (Lipinski definition) is 4. The third kappa shape index (κ3) is 4.88. The maximum Gasteiger partial charge on any atom is 0.237 e. The lowest BCUT2D eigenvalue weighted by Gasteiger charge is -2.14. The van der Waals surface area contributed by atoms with Gasteiger partial charge in [0.05, 0.1) is 11.8 Å². The van der Waals surface area contributed by atoms with E-state index < -0.39 is 0 Å². The van der Waals surface area contributed by atoms with Gasteiger partial charge in [0.25, 0.3) is 0 Å². The molecular weight excluding hydrogens is 380 g/mol. The molecule has 1 atom stereocenters. The Hall–Kier alpha value is -2.60. The lowest BCUT2D eigenvalue weighted by molar-refractivity contribution is -0.115. The summed E-state index contributed by atoms with van der Waals surface area (Å²) in [5.74, 6) is 1.52. The highest BCUT2D eigenvalue weighted by molar-refractivity contribution is 8.00. The molecule has 5 nitrogen and oxygen atoms in total. The van der Waals surface area contributed by atoms with E-state index in [1.54, 1.807) is 0 Å². The van der Waals surface area contributed by atoms with Crippen LogP contribution >= 0.6 is 11.8 Å². The quantitative estimate of drug-likeness (QED) is 0.541. The standard InChI is InChI=1S/C23H26N4OS/c1-3-17-9-13-20(14-10-17)24-22(28)16(2)29-23-26-25-21(19-11-12-19)27(23)15-18-7-5-4-6-8-18/h4-10,13-14,16,19H,3,11-12,15H2,1-2H3,(H,24,28)/t16-/m0/s1. The minimum absolute atomic E-state index is 0.0264. The van der Waals surface area contributed by atoms with Gasteiger partial charge < -0.3 is 9.88 Å². The number of thioether (sulfide) groups is 1. The van der Waals surface area contributed by atoms with E-state index in [9.17, 15) is 4.79 Å². The van der Waals surface area contributed by atoms with Crippen LogP contribution in [0, 0.1) is 0 Å². The van der Waals surface area contributed by atoms with Gasteiger partial charge in [-0.05, 0) is 49.4 Å². The van der Waals surface area contributed by atoms with Gasteiger partial charge in [-0.25, -0.2) is 0 Å². The molecule has 0 spiro atoms. The van der Waals surface area contributed by atoms with Gasteiger partial charge in [0.2, 0.25) is 5.91 Å². The summed E-state index contributed by atoms with van der Waals surface area (Å²) in [5.41, 5.74) is 3.29. The molecule has 29 heavy (non-hydrogen) atoms. The van der Waals surface area contributed by atoms with Crippen molar-refractivity contribution in [2.75, 3.05) is 5.32 Å². The molecule has 1 heterocycles. The number of carbonyl (C=O) groups excluding carboxylic acids is 1. The fraction of sp³-hybridized carbons (Fsp3) is 0.348. The summed E-state index contributed by atoms with van der Waals surface area (Å²) < 4.78 is 2.18. The molecule has 1 aliphatic carbocycles. The third-order valence-corrected chi connectivity index (χ3v) is 6.23. The van der Waals surface area contributed by atoms with E-state index in [2.05, 4.69) is 39.1 Å². The van der Waals surface area contributed by atoms with Gasteiger partial charge in [0, 0.05) is 11.6 Å². The Morgan fingerprint density at radius 2 is 1.83 bits per heavy atom. The van der Waals surface area contributed by atoms with Crippen molar-refractivity contribution in [2.24, 2.45) is 0 Å². The molecule has 6 heteroatoms. The fourth-order valence-corrected chi connectivity index (χ4v) is 4.08. The third-order valence-electron chi connectivity index (χ3n) is 5.15. The molecule has 4 rings (SSSR count). The summed E-state index contributed by atoms with van der Waals surface area (Å²) in [6, 6.07) is 18.3. The molecule has 0 saturated heterocycles. The van der Waals surface area contributed by atoms with Crippen LogP contribution in [0.2, 0.25) is 0 Å². The first kappa shape index (κ1) is 19.7. The molecule has 2 aromatic carbocycles. The van der Waals surface area contributed by atoms with Crippen molar-refractivity contribution in [1.29, 1.82) is 0 Å². The second-order valence-electron chi connectivity index (χ2n) is 7.49. The van der Waals surface area contributed by atoms with Crippen molar-refractivity contribution in [1.82, 2.24) is 14.8 Å². The van der Waals surface area contributed by atoms with Crippen LogP contribution in [0.25, 0.3) is 0 Å². The zero-order chi connectivity index (χ0) is 20.2. The number of aryl methyl sites for hydroxylation is 1. The van der Waals surface area contributed by atoms with E-state index in [0.717, 1.165) is 29.6 Å². The number of nitrogens with one attached hydrogen (secondary N) is 1. The Morgan fingerprint density at radius 3 is 2.48 bits per heavy atom. The van der Waals surface area contributed by atoms with Crippen molar-refractivity contribution in [2.45, 2.75) is 56.0 Å². The average Bonchev–Trinajstić information content (AvgIpc) is 3.52. The van der Waals surface area contributed by atoms with Crippen LogP contribution < -0.4 is 5.32 Å². The van der Waals surface area contributed by atoms with Crippen molar-refractivity contribution < 1.29 is 4.79 Å². The molecule has 0 radical (unpaired) electrons. The van der Waals surface area contributed by atoms with Crippen molar-refractivity contribution >= 4 is 23.4 Å². The van der Waals surface area contributed by atoms with E-state index in [4.69, 9.17) is 0 Å². The minimum Gasteiger partial charge on any atom is -0.325 e. The predicted octanol–water partition coefficient (Wildman–Crippen LogP) is 4.89. The normalized spacial score (nSPS) is 14.6. The van der Waals surface area contributed by atoms with E-state index in [0.29, 0.717) is 5.92 Å². The van der Waals surface area contributed by atoms with Gasteiger partial charge >= 0.3 is 0 Å². The Balaban J connectivity index is 1.47. The lowest BCUT2D eigenvalue weighted by Crippen LogP contribution is -2.23. The highest BCUT2D eigenvalue weighted by atomic mass is 32.2. The van der Waals surface area contributed by atoms with Crippen LogP contribution in [-0.2, 0) is 17.8 Å². The smallest absolute Gasteiger partial charge is 0.237 e. The minimum atomic E-state index is -0.272. The van der Waals surface area contributed by atoms with Crippen molar-refractivity contribution in [3.05, 3.63) is 71.5 Å². The zero-order valence-corrected chi connectivity index (χ0v) is 17.7.